The van der Waals surface area contributed by atoms with E-state index in [1.807, 2.05) is 0 Å². The van der Waals surface area contributed by atoms with E-state index in [0.29, 0.717) is 17.4 Å². The van der Waals surface area contributed by atoms with Crippen LogP contribution in [0.25, 0.3) is 0 Å². The monoisotopic (exact) mass is 445 g/mol. The first-order valence-corrected chi connectivity index (χ1v) is 12.8. The van der Waals surface area contributed by atoms with Gasteiger partial charge in [-0.1, -0.05) is 0 Å². The zero-order valence-corrected chi connectivity index (χ0v) is 17.9. The number of rotatable bonds is 15. The van der Waals surface area contributed by atoms with Crippen molar-refractivity contribution in [2.45, 2.75) is 22.2 Å². The predicted octanol–water partition coefficient (Wildman–Crippen LogP) is 3.89. The van der Waals surface area contributed by atoms with Crippen molar-refractivity contribution in [3.8, 4) is 0 Å². The van der Waals surface area contributed by atoms with Crippen LogP contribution in [0.4, 0.5) is 0 Å². The second-order valence-electron chi connectivity index (χ2n) is 4.40. The lowest BCUT2D eigenvalue weighted by Gasteiger charge is -2.17. The molecule has 0 aromatic rings. The minimum atomic E-state index is -0.422. The van der Waals surface area contributed by atoms with Gasteiger partial charge in [0.1, 0.15) is 0 Å². The van der Waals surface area contributed by atoms with E-state index in [-0.39, 0.29) is 15.8 Å². The fourth-order valence-corrected chi connectivity index (χ4v) is 6.34. The highest BCUT2D eigenvalue weighted by molar-refractivity contribution is 8.06. The Morgan fingerprint density at radius 3 is 1.73 bits per heavy atom. The Morgan fingerprint density at radius 1 is 0.818 bits per heavy atom. The van der Waals surface area contributed by atoms with Crippen molar-refractivity contribution in [2.24, 2.45) is 0 Å². The summed E-state index contributed by atoms with van der Waals surface area (Å²) in [5, 5.41) is 18.8. The molecule has 0 spiro atoms. The van der Waals surface area contributed by atoms with Gasteiger partial charge in [-0.05, 0) is 6.92 Å². The molecule has 0 saturated heterocycles. The molecule has 0 aromatic heterocycles. The van der Waals surface area contributed by atoms with E-state index >= 15 is 0 Å². The zero-order valence-electron chi connectivity index (χ0n) is 12.3. The third kappa shape index (κ3) is 14.5. The standard InChI is InChI=1S/C13H24Cl3O2S4/c1-10(21-4-2-19-8-11(17)6-14)13(16)22-5-3-20-9-12(18)7-15/h10-13,17-18H,1-9H2. The molecule has 0 aliphatic rings. The molecule has 0 aromatic carbocycles. The minimum absolute atomic E-state index is 0.0121. The molecule has 0 aliphatic carbocycles. The number of aliphatic hydroxyl groups excluding tert-OH is 2. The molecule has 2 N–H and O–H groups in total. The maximum absolute atomic E-state index is 9.32. The van der Waals surface area contributed by atoms with E-state index < -0.39 is 12.2 Å². The van der Waals surface area contributed by atoms with Crippen molar-refractivity contribution in [2.75, 3.05) is 46.3 Å². The Labute approximate surface area is 166 Å². The molecule has 4 unspecified atom stereocenters. The van der Waals surface area contributed by atoms with Gasteiger partial charge in [-0.3, -0.25) is 0 Å². The van der Waals surface area contributed by atoms with Crippen LogP contribution in [-0.4, -0.2) is 78.7 Å². The van der Waals surface area contributed by atoms with Gasteiger partial charge in [0.2, 0.25) is 0 Å². The second-order valence-corrected chi connectivity index (χ2v) is 10.6. The van der Waals surface area contributed by atoms with Crippen LogP contribution >= 0.6 is 81.9 Å². The molecule has 0 saturated carbocycles. The van der Waals surface area contributed by atoms with Crippen LogP contribution < -0.4 is 0 Å². The molecule has 133 valence electrons. The van der Waals surface area contributed by atoms with Crippen molar-refractivity contribution in [3.05, 3.63) is 6.92 Å². The maximum Gasteiger partial charge on any atom is 0.0907 e. The maximum atomic E-state index is 9.32. The smallest absolute Gasteiger partial charge is 0.0907 e. The Bertz CT molecular complexity index is 231. The first kappa shape index (κ1) is 24.2. The van der Waals surface area contributed by atoms with E-state index in [4.69, 9.17) is 34.8 Å². The lowest BCUT2D eigenvalue weighted by molar-refractivity contribution is 0.223. The Hall–Kier alpha value is 2.19. The predicted molar refractivity (Wildman–Crippen MR) is 112 cm³/mol. The van der Waals surface area contributed by atoms with E-state index in [9.17, 15) is 10.2 Å². The van der Waals surface area contributed by atoms with Gasteiger partial charge in [0.05, 0.1) is 16.9 Å². The van der Waals surface area contributed by atoms with Gasteiger partial charge in [-0.2, -0.15) is 35.3 Å². The summed E-state index contributed by atoms with van der Waals surface area (Å²) in [5.74, 6) is 5.75. The molecule has 0 fully saturated rings. The van der Waals surface area contributed by atoms with Crippen molar-refractivity contribution in [1.82, 2.24) is 0 Å². The van der Waals surface area contributed by atoms with Crippen LogP contribution in [0.1, 0.15) is 0 Å². The normalized spacial score (nSPS) is 17.2. The Morgan fingerprint density at radius 2 is 1.27 bits per heavy atom. The van der Waals surface area contributed by atoms with Gasteiger partial charge in [0.25, 0.3) is 0 Å². The van der Waals surface area contributed by atoms with Crippen molar-refractivity contribution in [1.29, 1.82) is 0 Å². The number of hydrogen-bond acceptors (Lipinski definition) is 6. The lowest BCUT2D eigenvalue weighted by Crippen LogP contribution is -2.14. The SMILES string of the molecule is [CH2]C(SCCSCC(O)CCl)C(Cl)SCCSCC(O)CCl. The zero-order chi connectivity index (χ0) is 16.8. The molecule has 0 aliphatic heterocycles. The highest BCUT2D eigenvalue weighted by Crippen LogP contribution is 2.28. The fourth-order valence-electron chi connectivity index (χ4n) is 1.19. The van der Waals surface area contributed by atoms with Gasteiger partial charge in [0, 0.05) is 51.5 Å². The summed E-state index contributed by atoms with van der Waals surface area (Å²) in [5.41, 5.74) is 0. The number of halogens is 3. The molecule has 4 atom stereocenters. The minimum Gasteiger partial charge on any atom is -0.391 e. The molecule has 0 heterocycles. The Balaban J connectivity index is 3.48. The summed E-state index contributed by atoms with van der Waals surface area (Å²) in [6, 6.07) is 0. The van der Waals surface area contributed by atoms with Crippen molar-refractivity contribution >= 4 is 81.9 Å². The van der Waals surface area contributed by atoms with Crippen LogP contribution in [0.5, 0.6) is 0 Å². The highest BCUT2D eigenvalue weighted by Gasteiger charge is 2.15. The summed E-state index contributed by atoms with van der Waals surface area (Å²) in [6.45, 7) is 4.09. The molecule has 9 heteroatoms. The van der Waals surface area contributed by atoms with Gasteiger partial charge in [0.15, 0.2) is 0 Å². The van der Waals surface area contributed by atoms with E-state index in [1.165, 1.54) is 0 Å². The van der Waals surface area contributed by atoms with Crippen LogP contribution in [-0.2, 0) is 0 Å². The summed E-state index contributed by atoms with van der Waals surface area (Å²) >= 11 is 24.2. The highest BCUT2D eigenvalue weighted by atomic mass is 35.5. The molecular weight excluding hydrogens is 423 g/mol. The van der Waals surface area contributed by atoms with Crippen molar-refractivity contribution < 1.29 is 10.2 Å². The largest absolute Gasteiger partial charge is 0.391 e. The van der Waals surface area contributed by atoms with Crippen LogP contribution in [0.3, 0.4) is 0 Å². The third-order valence-electron chi connectivity index (χ3n) is 2.33. The summed E-state index contributed by atoms with van der Waals surface area (Å²) in [6.07, 6.45) is -0.840. The number of alkyl halides is 3. The Kier molecular flexibility index (Phi) is 18.3. The van der Waals surface area contributed by atoms with Crippen LogP contribution in [0, 0.1) is 6.92 Å². The van der Waals surface area contributed by atoms with Crippen LogP contribution in [0.2, 0.25) is 0 Å². The molecule has 0 rings (SSSR count). The van der Waals surface area contributed by atoms with Gasteiger partial charge in [-0.25, -0.2) is 0 Å². The molecule has 2 nitrogen and oxygen atoms in total. The van der Waals surface area contributed by atoms with Crippen LogP contribution in [0.15, 0.2) is 0 Å². The van der Waals surface area contributed by atoms with Gasteiger partial charge >= 0.3 is 0 Å². The molecule has 0 amide bonds. The third-order valence-corrected chi connectivity index (χ3v) is 9.02. The quantitative estimate of drug-likeness (QED) is 0.294. The lowest BCUT2D eigenvalue weighted by atomic mass is 10.5. The summed E-state index contributed by atoms with van der Waals surface area (Å²) < 4.78 is -0.0121. The molecule has 0 bridgehead atoms. The molecule has 1 radical (unpaired) electrons. The average molecular weight is 447 g/mol. The first-order chi connectivity index (χ1) is 10.5. The molecular formula is C13H24Cl3O2S4. The number of thioether (sulfide) groups is 4. The molecule has 22 heavy (non-hydrogen) atoms. The fraction of sp³-hybridized carbons (Fsp3) is 0.923. The van der Waals surface area contributed by atoms with E-state index in [1.54, 1.807) is 47.0 Å². The van der Waals surface area contributed by atoms with Gasteiger partial charge in [-0.15, -0.1) is 46.6 Å². The average Bonchev–Trinajstić information content (AvgIpc) is 2.52. The number of aliphatic hydroxyl groups is 2. The second kappa shape index (κ2) is 16.6. The first-order valence-electron chi connectivity index (χ1n) is 6.85. The van der Waals surface area contributed by atoms with E-state index in [0.717, 1.165) is 23.0 Å². The van der Waals surface area contributed by atoms with Gasteiger partial charge < -0.3 is 10.2 Å². The topological polar surface area (TPSA) is 40.5 Å². The van der Waals surface area contributed by atoms with Crippen molar-refractivity contribution in [3.63, 3.8) is 0 Å². The summed E-state index contributed by atoms with van der Waals surface area (Å²) in [7, 11) is 0. The summed E-state index contributed by atoms with van der Waals surface area (Å²) in [4.78, 5) is 0. The van der Waals surface area contributed by atoms with E-state index in [2.05, 4.69) is 6.92 Å². The number of hydrogen-bond donors (Lipinski definition) is 2.